The fourth-order valence-corrected chi connectivity index (χ4v) is 10.5. The molecule has 8 aromatic carbocycles. The molecule has 3 heterocycles. The molecule has 0 saturated heterocycles. The number of ether oxygens (including phenoxy) is 1. The van der Waals surface area contributed by atoms with Crippen LogP contribution < -0.4 is 14.5 Å². The minimum absolute atomic E-state index is 0. The molecule has 12 rings (SSSR count). The minimum atomic E-state index is -2.33. The first-order chi connectivity index (χ1) is 34.0. The molecule has 0 bridgehead atoms. The molecule has 10 aromatic rings. The third-order valence-electron chi connectivity index (χ3n) is 14.9. The van der Waals surface area contributed by atoms with Gasteiger partial charge in [0.25, 0.3) is 0 Å². The number of aryl methyl sites for hydroxylation is 1. The average molecular weight is 1080 g/mol. The predicted octanol–water partition coefficient (Wildman–Crippen LogP) is 16.6. The monoisotopic (exact) mass is 1080 g/mol. The molecule has 2 aromatic heterocycles. The third-order valence-corrected chi connectivity index (χ3v) is 14.9. The van der Waals surface area contributed by atoms with Crippen molar-refractivity contribution in [2.24, 2.45) is 0 Å². The maximum absolute atomic E-state index is 8.57. The van der Waals surface area contributed by atoms with Gasteiger partial charge in [-0.2, -0.15) is 11.2 Å². The number of benzene rings is 8. The maximum atomic E-state index is 8.57. The van der Waals surface area contributed by atoms with E-state index in [4.69, 9.17) is 13.9 Å². The van der Waals surface area contributed by atoms with Gasteiger partial charge in [-0.1, -0.05) is 163 Å². The van der Waals surface area contributed by atoms with Crippen LogP contribution in [-0.2, 0) is 37.3 Å². The van der Waals surface area contributed by atoms with Crippen molar-refractivity contribution in [3.8, 4) is 44.9 Å². The van der Waals surface area contributed by atoms with Crippen molar-refractivity contribution in [3.05, 3.63) is 211 Å². The zero-order chi connectivity index (χ0) is 49.2. The first-order valence-corrected chi connectivity index (χ1v) is 23.4. The van der Waals surface area contributed by atoms with Gasteiger partial charge < -0.3 is 14.5 Å². The Morgan fingerprint density at radius 1 is 0.594 bits per heavy atom. The summed E-state index contributed by atoms with van der Waals surface area (Å²) in [6, 6.07) is 63.3. The molecule has 2 aliphatic rings. The van der Waals surface area contributed by atoms with E-state index < -0.39 is 6.85 Å². The quantitative estimate of drug-likeness (QED) is 0.118. The maximum Gasteiger partial charge on any atom is 0.0752 e. The first-order valence-electron chi connectivity index (χ1n) is 24.9. The van der Waals surface area contributed by atoms with Gasteiger partial charge in [0.15, 0.2) is 0 Å². The first kappa shape index (κ1) is 41.1. The van der Waals surface area contributed by atoms with Crippen LogP contribution in [-0.4, -0.2) is 9.61 Å². The van der Waals surface area contributed by atoms with Crippen molar-refractivity contribution < 1.29 is 29.9 Å². The number of hydrogen-bond acceptors (Lipinski definition) is 4. The molecule has 0 radical (unpaired) electrons. The van der Waals surface area contributed by atoms with Gasteiger partial charge >= 0.3 is 0 Å². The van der Waals surface area contributed by atoms with Crippen molar-refractivity contribution in [1.29, 1.82) is 0 Å². The molecule has 69 heavy (non-hydrogen) atoms. The molecule has 1 aliphatic carbocycles. The van der Waals surface area contributed by atoms with Gasteiger partial charge in [-0.05, 0) is 92.3 Å². The number of aromatic nitrogens is 2. The SMILES string of the molecule is [2H]C([2H])([2H])c1cc(-c2ccccc2)c(N2[CH-]N(c3[c-]c(Oc4[c-]c5c(cc4)c4cc(-c6ccccc6)cc6c4c4c(cnn54)C(C)(C)C6(C)C)cc(C(C)(C)C)c3)c3ccccc32)c(-c2ccccc2)c1.[Pt]. The minimum Gasteiger partial charge on any atom is -0.509 e. The van der Waals surface area contributed by atoms with Crippen molar-refractivity contribution in [2.75, 3.05) is 9.80 Å². The molecule has 0 amide bonds. The van der Waals surface area contributed by atoms with Crippen LogP contribution in [0.1, 0.15) is 74.8 Å². The smallest absolute Gasteiger partial charge is 0.0752 e. The summed E-state index contributed by atoms with van der Waals surface area (Å²) in [5.74, 6) is 1.11. The van der Waals surface area contributed by atoms with Gasteiger partial charge in [0.05, 0.1) is 11.7 Å². The second-order valence-corrected chi connectivity index (χ2v) is 20.4. The number of nitrogens with zero attached hydrogens (tertiary/aromatic N) is 4. The molecule has 5 nitrogen and oxygen atoms in total. The van der Waals surface area contributed by atoms with Crippen LogP contribution in [0.4, 0.5) is 22.7 Å². The summed E-state index contributed by atoms with van der Waals surface area (Å²) >= 11 is 0. The van der Waals surface area contributed by atoms with Crippen molar-refractivity contribution in [1.82, 2.24) is 9.61 Å². The standard InChI is InChI=1S/C63H53N4O.Pt/c1-40-30-50(42-22-14-10-15-23-42)59(51(31-40)43-24-16-11-17-25-43)66-39-65(55-26-18-19-27-56(55)66)46-34-45(61(2,3)4)35-48(36-46)68-47-28-29-49-52-32-44(41-20-12-9-13-21-41)33-53-58(52)60-54(63(7,8)62(53,5)6)38-64-67(60)57(49)37-47;/h9-35,38-39H,1-8H3;/q-3;/i1D3;. The molecule has 344 valence electrons. The molecule has 0 unspecified atom stereocenters. The van der Waals surface area contributed by atoms with Crippen LogP contribution in [0.5, 0.6) is 11.5 Å². The fourth-order valence-electron chi connectivity index (χ4n) is 10.5. The summed E-state index contributed by atoms with van der Waals surface area (Å²) < 4.78 is 34.7. The van der Waals surface area contributed by atoms with E-state index in [2.05, 4.69) is 161 Å². The van der Waals surface area contributed by atoms with Crippen LogP contribution in [0.3, 0.4) is 0 Å². The molecular weight excluding hydrogens is 1020 g/mol. The van der Waals surface area contributed by atoms with Gasteiger partial charge in [-0.15, -0.1) is 53.6 Å². The van der Waals surface area contributed by atoms with Gasteiger partial charge in [-0.3, -0.25) is 4.52 Å². The van der Waals surface area contributed by atoms with E-state index in [1.165, 1.54) is 33.0 Å². The second-order valence-electron chi connectivity index (χ2n) is 20.4. The zero-order valence-corrected chi connectivity index (χ0v) is 42.0. The number of para-hydroxylation sites is 2. The molecule has 6 heteroatoms. The zero-order valence-electron chi connectivity index (χ0n) is 42.8. The van der Waals surface area contributed by atoms with Crippen LogP contribution >= 0.6 is 0 Å². The van der Waals surface area contributed by atoms with Crippen LogP contribution in [0.15, 0.2) is 170 Å². The number of fused-ring (bicyclic) bond motifs is 4. The molecule has 0 fully saturated rings. The van der Waals surface area contributed by atoms with Crippen molar-refractivity contribution >= 4 is 49.9 Å². The van der Waals surface area contributed by atoms with E-state index in [-0.39, 0.29) is 42.9 Å². The van der Waals surface area contributed by atoms with Gasteiger partial charge in [-0.25, -0.2) is 0 Å². The van der Waals surface area contributed by atoms with Crippen LogP contribution in [0.25, 0.3) is 60.6 Å². The predicted molar refractivity (Wildman–Crippen MR) is 282 cm³/mol. The Labute approximate surface area is 424 Å². The molecule has 0 spiro atoms. The van der Waals surface area contributed by atoms with E-state index >= 15 is 0 Å². The third kappa shape index (κ3) is 7.11. The molecule has 0 N–H and O–H groups in total. The number of rotatable bonds is 7. The normalized spacial score (nSPS) is 15.5. The Kier molecular flexibility index (Phi) is 9.73. The Hall–Kier alpha value is -6.94. The van der Waals surface area contributed by atoms with E-state index in [1.54, 1.807) is 0 Å². The molecule has 1 aliphatic heterocycles. The summed E-state index contributed by atoms with van der Waals surface area (Å²) in [7, 11) is 0. The average Bonchev–Trinajstić information content (AvgIpc) is 3.99. The Morgan fingerprint density at radius 2 is 1.19 bits per heavy atom. The summed E-state index contributed by atoms with van der Waals surface area (Å²) in [6.07, 6.45) is 2.05. The topological polar surface area (TPSA) is 33.0 Å². The summed E-state index contributed by atoms with van der Waals surface area (Å²) in [5.41, 5.74) is 14.6. The van der Waals surface area contributed by atoms with E-state index in [0.717, 1.165) is 67.0 Å². The molecule has 0 atom stereocenters. The largest absolute Gasteiger partial charge is 0.509 e. The Bertz CT molecular complexity index is 3690. The second kappa shape index (κ2) is 16.4. The summed E-state index contributed by atoms with van der Waals surface area (Å²) in [4.78, 5) is 4.35. The Morgan fingerprint density at radius 3 is 1.81 bits per heavy atom. The molecule has 0 saturated carbocycles. The van der Waals surface area contributed by atoms with Crippen molar-refractivity contribution in [3.63, 3.8) is 0 Å². The van der Waals surface area contributed by atoms with E-state index in [0.29, 0.717) is 11.5 Å². The number of pyridine rings is 1. The Balaban J connectivity index is 0.00000560. The number of anilines is 4. The van der Waals surface area contributed by atoms with Crippen molar-refractivity contribution in [2.45, 2.75) is 71.6 Å². The molecular formula is C63H53N4OPt-3. The van der Waals surface area contributed by atoms with Gasteiger partial charge in [0.2, 0.25) is 0 Å². The van der Waals surface area contributed by atoms with E-state index in [9.17, 15) is 0 Å². The van der Waals surface area contributed by atoms with Gasteiger partial charge in [0, 0.05) is 75.8 Å². The van der Waals surface area contributed by atoms with E-state index in [1.807, 2.05) is 91.0 Å². The van der Waals surface area contributed by atoms with Crippen LogP contribution in [0.2, 0.25) is 0 Å². The van der Waals surface area contributed by atoms with Gasteiger partial charge in [0.1, 0.15) is 0 Å². The summed E-state index contributed by atoms with van der Waals surface area (Å²) in [5, 5.41) is 8.57. The fraction of sp³-hybridized carbons (Fsp3) is 0.175. The number of hydrogen-bond donors (Lipinski definition) is 0. The summed E-state index contributed by atoms with van der Waals surface area (Å²) in [6.45, 7) is 15.8. The van der Waals surface area contributed by atoms with Crippen LogP contribution in [0, 0.1) is 25.7 Å².